The molecule has 1 amide bonds. The van der Waals surface area contributed by atoms with Gasteiger partial charge in [-0.1, -0.05) is 36.4 Å². The van der Waals surface area contributed by atoms with Gasteiger partial charge in [-0.3, -0.25) is 9.78 Å². The van der Waals surface area contributed by atoms with Crippen molar-refractivity contribution in [1.29, 1.82) is 0 Å². The number of benzene rings is 2. The predicted octanol–water partition coefficient (Wildman–Crippen LogP) is 4.62. The van der Waals surface area contributed by atoms with Crippen LogP contribution in [0, 0.1) is 0 Å². The molecule has 6 nitrogen and oxygen atoms in total. The predicted molar refractivity (Wildman–Crippen MR) is 144 cm³/mol. The molecule has 1 aliphatic heterocycles. The van der Waals surface area contributed by atoms with Gasteiger partial charge >= 0.3 is 0 Å². The van der Waals surface area contributed by atoms with E-state index in [1.165, 1.54) is 16.5 Å². The van der Waals surface area contributed by atoms with E-state index in [9.17, 15) is 4.79 Å². The van der Waals surface area contributed by atoms with Gasteiger partial charge in [0.1, 0.15) is 0 Å². The van der Waals surface area contributed by atoms with Gasteiger partial charge in [0.2, 0.25) is 5.91 Å². The third kappa shape index (κ3) is 6.08. The third-order valence-electron chi connectivity index (χ3n) is 6.59. The molecule has 0 unspecified atom stereocenters. The summed E-state index contributed by atoms with van der Waals surface area (Å²) in [4.78, 5) is 18.8. The second-order valence-corrected chi connectivity index (χ2v) is 9.10. The summed E-state index contributed by atoms with van der Waals surface area (Å²) in [5.41, 5.74) is 5.64. The van der Waals surface area contributed by atoms with E-state index in [1.54, 1.807) is 18.5 Å². The van der Waals surface area contributed by atoms with E-state index in [4.69, 9.17) is 4.74 Å². The molecule has 0 atom stereocenters. The Morgan fingerprint density at radius 1 is 1.03 bits per heavy atom. The zero-order valence-electron chi connectivity index (χ0n) is 20.5. The Morgan fingerprint density at radius 2 is 1.92 bits per heavy atom. The first kappa shape index (κ1) is 24.0. The van der Waals surface area contributed by atoms with Gasteiger partial charge in [-0.2, -0.15) is 0 Å². The van der Waals surface area contributed by atoms with E-state index >= 15 is 0 Å². The van der Waals surface area contributed by atoms with Gasteiger partial charge in [0.05, 0.1) is 12.1 Å². The third-order valence-corrected chi connectivity index (χ3v) is 6.59. The molecule has 184 valence electrons. The normalized spacial score (nSPS) is 14.8. The van der Waals surface area contributed by atoms with E-state index in [2.05, 4.69) is 62.4 Å². The van der Waals surface area contributed by atoms with Gasteiger partial charge in [-0.25, -0.2) is 0 Å². The first-order chi connectivity index (χ1) is 17.8. The van der Waals surface area contributed by atoms with Crippen LogP contribution in [-0.4, -0.2) is 53.2 Å². The van der Waals surface area contributed by atoms with Crippen LogP contribution in [0.2, 0.25) is 0 Å². The molecule has 0 radical (unpaired) electrons. The standard InChI is InChI=1S/C30H32N4O2/c35-30(32-22-25-5-3-15-31-21-25)13-10-24-8-11-27(12-9-24)34-23-26(28-6-1-2-7-29(28)34)14-17-33-16-4-19-36-20-18-33/h1-3,5-13,15,21,23H,4,14,16-20,22H2,(H,32,35)/b13-10+. The second kappa shape index (κ2) is 11.8. The lowest BCUT2D eigenvalue weighted by Crippen LogP contribution is -2.28. The van der Waals surface area contributed by atoms with Crippen LogP contribution in [0.25, 0.3) is 22.7 Å². The molecular formula is C30H32N4O2. The van der Waals surface area contributed by atoms with E-state index in [1.807, 2.05) is 30.3 Å². The van der Waals surface area contributed by atoms with Gasteiger partial charge < -0.3 is 19.5 Å². The second-order valence-electron chi connectivity index (χ2n) is 9.10. The summed E-state index contributed by atoms with van der Waals surface area (Å²) < 4.78 is 7.87. The molecule has 2 aromatic carbocycles. The van der Waals surface area contributed by atoms with Crippen LogP contribution in [0.3, 0.4) is 0 Å². The molecule has 3 heterocycles. The molecule has 36 heavy (non-hydrogen) atoms. The summed E-state index contributed by atoms with van der Waals surface area (Å²) in [6.45, 7) is 5.32. The minimum Gasteiger partial charge on any atom is -0.380 e. The highest BCUT2D eigenvalue weighted by Crippen LogP contribution is 2.26. The molecule has 1 saturated heterocycles. The number of pyridine rings is 1. The summed E-state index contributed by atoms with van der Waals surface area (Å²) in [5, 5.41) is 4.19. The lowest BCUT2D eigenvalue weighted by molar-refractivity contribution is -0.116. The van der Waals surface area contributed by atoms with Gasteiger partial charge in [0.25, 0.3) is 0 Å². The molecule has 1 aliphatic rings. The average Bonchev–Trinajstić information content (AvgIpc) is 3.09. The molecule has 0 bridgehead atoms. The Bertz CT molecular complexity index is 1300. The van der Waals surface area contributed by atoms with Crippen molar-refractivity contribution in [3.8, 4) is 5.69 Å². The van der Waals surface area contributed by atoms with E-state index < -0.39 is 0 Å². The summed E-state index contributed by atoms with van der Waals surface area (Å²) in [7, 11) is 0. The molecule has 0 aliphatic carbocycles. The van der Waals surface area contributed by atoms with Crippen molar-refractivity contribution < 1.29 is 9.53 Å². The number of fused-ring (bicyclic) bond motifs is 1. The highest BCUT2D eigenvalue weighted by molar-refractivity contribution is 5.91. The number of carbonyl (C=O) groups is 1. The van der Waals surface area contributed by atoms with Crippen LogP contribution in [0.1, 0.15) is 23.1 Å². The van der Waals surface area contributed by atoms with Crippen molar-refractivity contribution >= 4 is 22.9 Å². The van der Waals surface area contributed by atoms with Crippen molar-refractivity contribution in [3.05, 3.63) is 102 Å². The maximum atomic E-state index is 12.2. The van der Waals surface area contributed by atoms with Gasteiger partial charge in [0, 0.05) is 68.5 Å². The smallest absolute Gasteiger partial charge is 0.244 e. The fraction of sp³-hybridized carbons (Fsp3) is 0.267. The van der Waals surface area contributed by atoms with E-state index in [0.29, 0.717) is 6.54 Å². The quantitative estimate of drug-likeness (QED) is 0.374. The Kier molecular flexibility index (Phi) is 7.86. The summed E-state index contributed by atoms with van der Waals surface area (Å²) >= 11 is 0. The monoisotopic (exact) mass is 480 g/mol. The maximum Gasteiger partial charge on any atom is 0.244 e. The maximum absolute atomic E-state index is 12.2. The zero-order valence-corrected chi connectivity index (χ0v) is 20.5. The Hall–Kier alpha value is -3.74. The number of rotatable bonds is 8. The summed E-state index contributed by atoms with van der Waals surface area (Å²) in [6, 6.07) is 20.7. The van der Waals surface area contributed by atoms with Crippen LogP contribution < -0.4 is 5.32 Å². The van der Waals surface area contributed by atoms with Crippen molar-refractivity contribution in [3.63, 3.8) is 0 Å². The lowest BCUT2D eigenvalue weighted by atomic mass is 10.1. The molecule has 6 heteroatoms. The van der Waals surface area contributed by atoms with Crippen LogP contribution >= 0.6 is 0 Å². The number of ether oxygens (including phenoxy) is 1. The molecule has 2 aromatic heterocycles. The summed E-state index contributed by atoms with van der Waals surface area (Å²) in [5.74, 6) is -0.125. The van der Waals surface area contributed by atoms with Crippen LogP contribution in [-0.2, 0) is 22.5 Å². The van der Waals surface area contributed by atoms with E-state index in [0.717, 1.165) is 62.5 Å². The molecular weight excluding hydrogens is 448 g/mol. The van der Waals surface area contributed by atoms with Crippen LogP contribution in [0.4, 0.5) is 0 Å². The molecule has 1 fully saturated rings. The SMILES string of the molecule is O=C(/C=C/c1ccc(-n2cc(CCN3CCCOCC3)c3ccccc32)cc1)NCc1cccnc1. The molecule has 5 rings (SSSR count). The molecule has 0 spiro atoms. The van der Waals surface area contributed by atoms with Gasteiger partial charge in [0.15, 0.2) is 0 Å². The first-order valence-corrected chi connectivity index (χ1v) is 12.6. The largest absolute Gasteiger partial charge is 0.380 e. The number of nitrogens with zero attached hydrogens (tertiary/aromatic N) is 3. The van der Waals surface area contributed by atoms with Crippen molar-refractivity contribution in [2.24, 2.45) is 0 Å². The Balaban J connectivity index is 1.25. The Labute approximate surface area is 212 Å². The van der Waals surface area contributed by atoms with Crippen LogP contribution in [0.15, 0.2) is 85.3 Å². The number of hydrogen-bond acceptors (Lipinski definition) is 4. The highest BCUT2D eigenvalue weighted by Gasteiger charge is 2.13. The minimum atomic E-state index is -0.125. The number of amides is 1. The number of carbonyl (C=O) groups excluding carboxylic acids is 1. The number of nitrogens with one attached hydrogen (secondary N) is 1. The zero-order chi connectivity index (χ0) is 24.6. The molecule has 1 N–H and O–H groups in total. The van der Waals surface area contributed by atoms with Crippen molar-refractivity contribution in [2.75, 3.05) is 32.8 Å². The van der Waals surface area contributed by atoms with Crippen LogP contribution in [0.5, 0.6) is 0 Å². The topological polar surface area (TPSA) is 59.4 Å². The molecule has 0 saturated carbocycles. The van der Waals surface area contributed by atoms with Gasteiger partial charge in [-0.15, -0.1) is 0 Å². The van der Waals surface area contributed by atoms with Gasteiger partial charge in [-0.05, 0) is 59.9 Å². The fourth-order valence-corrected chi connectivity index (χ4v) is 4.63. The first-order valence-electron chi connectivity index (χ1n) is 12.6. The number of hydrogen-bond donors (Lipinski definition) is 1. The average molecular weight is 481 g/mol. The number of aromatic nitrogens is 2. The van der Waals surface area contributed by atoms with Crippen molar-refractivity contribution in [1.82, 2.24) is 19.8 Å². The fourth-order valence-electron chi connectivity index (χ4n) is 4.63. The van der Waals surface area contributed by atoms with Crippen molar-refractivity contribution in [2.45, 2.75) is 19.4 Å². The lowest BCUT2D eigenvalue weighted by Gasteiger charge is -2.18. The summed E-state index contributed by atoms with van der Waals surface area (Å²) in [6.07, 6.45) is 11.3. The Morgan fingerprint density at radius 3 is 2.78 bits per heavy atom. The highest BCUT2D eigenvalue weighted by atomic mass is 16.5. The minimum absolute atomic E-state index is 0.125. The number of para-hydroxylation sites is 1. The van der Waals surface area contributed by atoms with E-state index in [-0.39, 0.29) is 5.91 Å². The molecule has 4 aromatic rings.